The minimum Gasteiger partial charge on any atom is -0.397 e. The number of rotatable bonds is 4. The summed E-state index contributed by atoms with van der Waals surface area (Å²) in [5, 5.41) is 0.397. The van der Waals surface area contributed by atoms with Crippen LogP contribution in [0.3, 0.4) is 0 Å². The van der Waals surface area contributed by atoms with Gasteiger partial charge in [0.05, 0.1) is 16.3 Å². The van der Waals surface area contributed by atoms with Gasteiger partial charge in [0.25, 0.3) is 5.91 Å². The SMILES string of the molecule is CN(CCc1ccccn1)C(=O)c1cccc(Cl)c1N. The molecule has 2 N–H and O–H groups in total. The molecule has 0 aliphatic rings. The summed E-state index contributed by atoms with van der Waals surface area (Å²) in [5.74, 6) is -0.138. The van der Waals surface area contributed by atoms with E-state index in [1.165, 1.54) is 0 Å². The van der Waals surface area contributed by atoms with Crippen molar-refractivity contribution in [3.8, 4) is 0 Å². The normalized spacial score (nSPS) is 10.3. The highest BCUT2D eigenvalue weighted by molar-refractivity contribution is 6.33. The van der Waals surface area contributed by atoms with Gasteiger partial charge in [-0.2, -0.15) is 0 Å². The van der Waals surface area contributed by atoms with Gasteiger partial charge in [0, 0.05) is 31.9 Å². The number of pyridine rings is 1. The first kappa shape index (κ1) is 14.3. The van der Waals surface area contributed by atoms with Crippen molar-refractivity contribution in [1.82, 2.24) is 9.88 Å². The molecule has 0 spiro atoms. The number of hydrogen-bond donors (Lipinski definition) is 1. The predicted octanol–water partition coefficient (Wildman–Crippen LogP) is 2.63. The van der Waals surface area contributed by atoms with E-state index in [1.54, 1.807) is 36.3 Å². The molecule has 0 saturated carbocycles. The largest absolute Gasteiger partial charge is 0.397 e. The Hall–Kier alpha value is -2.07. The van der Waals surface area contributed by atoms with Crippen molar-refractivity contribution in [3.05, 3.63) is 58.9 Å². The molecule has 0 unspecified atom stereocenters. The van der Waals surface area contributed by atoms with E-state index < -0.39 is 0 Å². The van der Waals surface area contributed by atoms with Crippen LogP contribution in [-0.4, -0.2) is 29.4 Å². The molecular formula is C15H16ClN3O. The fraction of sp³-hybridized carbons (Fsp3) is 0.200. The molecule has 20 heavy (non-hydrogen) atoms. The smallest absolute Gasteiger partial charge is 0.255 e. The number of anilines is 1. The van der Waals surface area contributed by atoms with Crippen LogP contribution in [0.4, 0.5) is 5.69 Å². The van der Waals surface area contributed by atoms with E-state index in [0.717, 1.165) is 5.69 Å². The monoisotopic (exact) mass is 289 g/mol. The second-order valence-electron chi connectivity index (χ2n) is 4.50. The van der Waals surface area contributed by atoms with Crippen molar-refractivity contribution < 1.29 is 4.79 Å². The van der Waals surface area contributed by atoms with Crippen molar-refractivity contribution in [3.63, 3.8) is 0 Å². The molecule has 1 aromatic heterocycles. The fourth-order valence-corrected chi connectivity index (χ4v) is 2.03. The zero-order chi connectivity index (χ0) is 14.5. The molecule has 1 heterocycles. The third kappa shape index (κ3) is 3.27. The van der Waals surface area contributed by atoms with Gasteiger partial charge in [-0.3, -0.25) is 9.78 Å². The van der Waals surface area contributed by atoms with Gasteiger partial charge in [0.15, 0.2) is 0 Å². The van der Waals surface area contributed by atoms with Gasteiger partial charge < -0.3 is 10.6 Å². The number of nitrogens with zero attached hydrogens (tertiary/aromatic N) is 2. The van der Waals surface area contributed by atoms with Crippen molar-refractivity contribution in [1.29, 1.82) is 0 Å². The Labute approximate surface area is 123 Å². The maximum absolute atomic E-state index is 12.3. The molecule has 1 aromatic carbocycles. The van der Waals surface area contributed by atoms with Gasteiger partial charge in [-0.15, -0.1) is 0 Å². The number of likely N-dealkylation sites (N-methyl/N-ethyl adjacent to an activating group) is 1. The summed E-state index contributed by atoms with van der Waals surface area (Å²) in [6.07, 6.45) is 2.44. The second kappa shape index (κ2) is 6.39. The molecular weight excluding hydrogens is 274 g/mol. The summed E-state index contributed by atoms with van der Waals surface area (Å²) in [5.41, 5.74) is 7.54. The maximum Gasteiger partial charge on any atom is 0.255 e. The number of aromatic nitrogens is 1. The third-order valence-electron chi connectivity index (χ3n) is 3.06. The average molecular weight is 290 g/mol. The minimum atomic E-state index is -0.138. The predicted molar refractivity (Wildman–Crippen MR) is 80.8 cm³/mol. The number of nitrogens with two attached hydrogens (primary N) is 1. The number of carbonyl (C=O) groups is 1. The summed E-state index contributed by atoms with van der Waals surface area (Å²) in [4.78, 5) is 18.2. The zero-order valence-corrected chi connectivity index (χ0v) is 12.0. The van der Waals surface area contributed by atoms with E-state index >= 15 is 0 Å². The molecule has 104 valence electrons. The molecule has 4 nitrogen and oxygen atoms in total. The highest BCUT2D eigenvalue weighted by atomic mass is 35.5. The first-order chi connectivity index (χ1) is 9.59. The Bertz CT molecular complexity index is 601. The Balaban J connectivity index is 2.04. The summed E-state index contributed by atoms with van der Waals surface area (Å²) in [7, 11) is 1.74. The Morgan fingerprint density at radius 1 is 1.30 bits per heavy atom. The summed E-state index contributed by atoms with van der Waals surface area (Å²) in [6, 6.07) is 10.8. The van der Waals surface area contributed by atoms with Crippen molar-refractivity contribution in [2.24, 2.45) is 0 Å². The zero-order valence-electron chi connectivity index (χ0n) is 11.2. The number of halogens is 1. The van der Waals surface area contributed by atoms with E-state index in [9.17, 15) is 4.79 Å². The van der Waals surface area contributed by atoms with E-state index in [-0.39, 0.29) is 5.91 Å². The Morgan fingerprint density at radius 3 is 2.80 bits per heavy atom. The van der Waals surface area contributed by atoms with Crippen molar-refractivity contribution in [2.75, 3.05) is 19.3 Å². The van der Waals surface area contributed by atoms with E-state index in [1.807, 2.05) is 18.2 Å². The van der Waals surface area contributed by atoms with Crippen LogP contribution in [0.2, 0.25) is 5.02 Å². The molecule has 1 amide bonds. The lowest BCUT2D eigenvalue weighted by Gasteiger charge is -2.18. The molecule has 0 aliphatic heterocycles. The Kier molecular flexibility index (Phi) is 4.58. The maximum atomic E-state index is 12.3. The summed E-state index contributed by atoms with van der Waals surface area (Å²) in [6.45, 7) is 0.571. The topological polar surface area (TPSA) is 59.2 Å². The van der Waals surface area contributed by atoms with Crippen molar-refractivity contribution in [2.45, 2.75) is 6.42 Å². The van der Waals surface area contributed by atoms with Gasteiger partial charge in [0.2, 0.25) is 0 Å². The van der Waals surface area contributed by atoms with Crippen LogP contribution in [0.15, 0.2) is 42.6 Å². The molecule has 0 saturated heterocycles. The van der Waals surface area contributed by atoms with Gasteiger partial charge in [-0.1, -0.05) is 23.7 Å². The van der Waals surface area contributed by atoms with Crippen LogP contribution >= 0.6 is 11.6 Å². The van der Waals surface area contributed by atoms with Gasteiger partial charge >= 0.3 is 0 Å². The quantitative estimate of drug-likeness (QED) is 0.880. The molecule has 0 bridgehead atoms. The van der Waals surface area contributed by atoms with Crippen LogP contribution in [0.5, 0.6) is 0 Å². The molecule has 0 atom stereocenters. The van der Waals surface area contributed by atoms with Crippen LogP contribution < -0.4 is 5.73 Å². The lowest BCUT2D eigenvalue weighted by Crippen LogP contribution is -2.29. The van der Waals surface area contributed by atoms with Gasteiger partial charge in [-0.05, 0) is 24.3 Å². The number of carbonyl (C=O) groups excluding carboxylic acids is 1. The van der Waals surface area contributed by atoms with Crippen LogP contribution in [0, 0.1) is 0 Å². The molecule has 5 heteroatoms. The standard InChI is InChI=1S/C15H16ClN3O/c1-19(10-8-11-5-2-3-9-18-11)15(20)12-6-4-7-13(16)14(12)17/h2-7,9H,8,10,17H2,1H3. The number of amides is 1. The Morgan fingerprint density at radius 2 is 2.10 bits per heavy atom. The van der Waals surface area contributed by atoms with Crippen LogP contribution in [0.25, 0.3) is 0 Å². The van der Waals surface area contributed by atoms with Gasteiger partial charge in [0.1, 0.15) is 0 Å². The highest BCUT2D eigenvalue weighted by Crippen LogP contribution is 2.23. The number of benzene rings is 1. The molecule has 2 rings (SSSR count). The number of para-hydroxylation sites is 1. The van der Waals surface area contributed by atoms with Crippen LogP contribution in [0.1, 0.15) is 16.1 Å². The lowest BCUT2D eigenvalue weighted by atomic mass is 10.1. The molecule has 2 aromatic rings. The third-order valence-corrected chi connectivity index (χ3v) is 3.39. The molecule has 0 aliphatic carbocycles. The van der Waals surface area contributed by atoms with E-state index in [0.29, 0.717) is 29.2 Å². The fourth-order valence-electron chi connectivity index (χ4n) is 1.86. The molecule has 0 radical (unpaired) electrons. The van der Waals surface area contributed by atoms with Crippen LogP contribution in [-0.2, 0) is 6.42 Å². The van der Waals surface area contributed by atoms with E-state index in [2.05, 4.69) is 4.98 Å². The summed E-state index contributed by atoms with van der Waals surface area (Å²) >= 11 is 5.93. The minimum absolute atomic E-state index is 0.138. The molecule has 0 fully saturated rings. The highest BCUT2D eigenvalue weighted by Gasteiger charge is 2.15. The van der Waals surface area contributed by atoms with Gasteiger partial charge in [-0.25, -0.2) is 0 Å². The first-order valence-corrected chi connectivity index (χ1v) is 6.66. The first-order valence-electron chi connectivity index (χ1n) is 6.29. The average Bonchev–Trinajstić information content (AvgIpc) is 2.48. The van der Waals surface area contributed by atoms with Crippen molar-refractivity contribution >= 4 is 23.2 Å². The number of hydrogen-bond acceptors (Lipinski definition) is 3. The van der Waals surface area contributed by atoms with E-state index in [4.69, 9.17) is 17.3 Å². The number of nitrogen functional groups attached to an aromatic ring is 1. The summed E-state index contributed by atoms with van der Waals surface area (Å²) < 4.78 is 0. The lowest BCUT2D eigenvalue weighted by molar-refractivity contribution is 0.0797. The second-order valence-corrected chi connectivity index (χ2v) is 4.91.